The van der Waals surface area contributed by atoms with Gasteiger partial charge in [-0.25, -0.2) is 4.39 Å². The van der Waals surface area contributed by atoms with Crippen LogP contribution < -0.4 is 15.4 Å². The van der Waals surface area contributed by atoms with Crippen molar-refractivity contribution in [3.05, 3.63) is 52.3 Å². The van der Waals surface area contributed by atoms with Gasteiger partial charge in [-0.2, -0.15) is 0 Å². The van der Waals surface area contributed by atoms with Crippen molar-refractivity contribution in [1.82, 2.24) is 0 Å². The normalized spacial score (nSPS) is 10.2. The Balaban J connectivity index is 1.94. The molecule has 116 valence electrons. The van der Waals surface area contributed by atoms with E-state index in [0.29, 0.717) is 16.5 Å². The molecule has 22 heavy (non-hydrogen) atoms. The van der Waals surface area contributed by atoms with Crippen LogP contribution in [0.5, 0.6) is 5.75 Å². The van der Waals surface area contributed by atoms with E-state index < -0.39 is 11.7 Å². The average Bonchev–Trinajstić information content (AvgIpc) is 2.48. The van der Waals surface area contributed by atoms with Crippen LogP contribution in [0.15, 0.2) is 36.4 Å². The lowest BCUT2D eigenvalue weighted by atomic mass is 10.3. The molecule has 0 aliphatic heterocycles. The molecule has 0 bridgehead atoms. The maximum Gasteiger partial charge on any atom is 0.243 e. The Hall–Kier alpha value is -1.98. The fraction of sp³-hybridized carbons (Fsp3) is 0.133. The summed E-state index contributed by atoms with van der Waals surface area (Å²) < 4.78 is 18.6. The van der Waals surface area contributed by atoms with Crippen LogP contribution >= 0.6 is 23.2 Å². The minimum atomic E-state index is -0.589. The molecule has 0 aliphatic carbocycles. The van der Waals surface area contributed by atoms with E-state index in [1.165, 1.54) is 19.2 Å². The quantitative estimate of drug-likeness (QED) is 0.856. The number of benzene rings is 2. The van der Waals surface area contributed by atoms with E-state index in [9.17, 15) is 9.18 Å². The molecule has 4 nitrogen and oxygen atoms in total. The van der Waals surface area contributed by atoms with Crippen LogP contribution in [0.4, 0.5) is 15.8 Å². The van der Waals surface area contributed by atoms with Crippen LogP contribution in [0.1, 0.15) is 0 Å². The predicted molar refractivity (Wildman–Crippen MR) is 86.5 cm³/mol. The first kappa shape index (κ1) is 16.4. The average molecular weight is 343 g/mol. The first-order valence-electron chi connectivity index (χ1n) is 6.32. The number of hydrogen-bond donors (Lipinski definition) is 2. The number of carbonyl (C=O) groups is 1. The first-order chi connectivity index (χ1) is 10.5. The minimum absolute atomic E-state index is 0.0370. The van der Waals surface area contributed by atoms with Gasteiger partial charge in [0.2, 0.25) is 5.91 Å². The minimum Gasteiger partial charge on any atom is -0.495 e. The molecular formula is C15H13Cl2FN2O2. The molecule has 0 unspecified atom stereocenters. The Morgan fingerprint density at radius 1 is 1.23 bits per heavy atom. The molecule has 0 saturated heterocycles. The highest BCUT2D eigenvalue weighted by atomic mass is 35.5. The van der Waals surface area contributed by atoms with Crippen molar-refractivity contribution < 1.29 is 13.9 Å². The monoisotopic (exact) mass is 342 g/mol. The SMILES string of the molecule is COc1ccc(NCC(=O)Nc2ccc(Cl)cc2F)cc1Cl. The Morgan fingerprint density at radius 2 is 2.00 bits per heavy atom. The van der Waals surface area contributed by atoms with Gasteiger partial charge in [0.15, 0.2) is 0 Å². The predicted octanol–water partition coefficient (Wildman–Crippen LogP) is 4.19. The lowest BCUT2D eigenvalue weighted by Crippen LogP contribution is -2.22. The number of methoxy groups -OCH3 is 1. The summed E-state index contributed by atoms with van der Waals surface area (Å²) in [5.74, 6) is -0.443. The van der Waals surface area contributed by atoms with Crippen molar-refractivity contribution >= 4 is 40.5 Å². The first-order valence-corrected chi connectivity index (χ1v) is 7.07. The van der Waals surface area contributed by atoms with Gasteiger partial charge >= 0.3 is 0 Å². The van der Waals surface area contributed by atoms with E-state index in [0.717, 1.165) is 6.07 Å². The zero-order valence-electron chi connectivity index (χ0n) is 11.6. The number of amides is 1. The molecule has 2 rings (SSSR count). The zero-order valence-corrected chi connectivity index (χ0v) is 13.1. The van der Waals surface area contributed by atoms with Crippen LogP contribution in [0, 0.1) is 5.82 Å². The summed E-state index contributed by atoms with van der Waals surface area (Å²) in [6.07, 6.45) is 0. The maximum absolute atomic E-state index is 13.6. The standard InChI is InChI=1S/C15H13Cl2FN2O2/c1-22-14-5-3-10(7-11(14)17)19-8-15(21)20-13-4-2-9(16)6-12(13)18/h2-7,19H,8H2,1H3,(H,20,21). The maximum atomic E-state index is 13.6. The van der Waals surface area contributed by atoms with Crippen molar-refractivity contribution in [2.24, 2.45) is 0 Å². The molecule has 0 aliphatic rings. The fourth-order valence-corrected chi connectivity index (χ4v) is 2.16. The van der Waals surface area contributed by atoms with Crippen LogP contribution in [0.2, 0.25) is 10.0 Å². The highest BCUT2D eigenvalue weighted by Gasteiger charge is 2.08. The molecule has 2 aromatic rings. The fourth-order valence-electron chi connectivity index (χ4n) is 1.74. The van der Waals surface area contributed by atoms with Crippen molar-refractivity contribution in [3.8, 4) is 5.75 Å². The van der Waals surface area contributed by atoms with Gasteiger partial charge in [-0.3, -0.25) is 4.79 Å². The number of rotatable bonds is 5. The second kappa shape index (κ2) is 7.33. The molecule has 2 aromatic carbocycles. The topological polar surface area (TPSA) is 50.4 Å². The second-order valence-electron chi connectivity index (χ2n) is 4.38. The van der Waals surface area contributed by atoms with Crippen molar-refractivity contribution in [1.29, 1.82) is 0 Å². The Bertz CT molecular complexity index is 695. The van der Waals surface area contributed by atoms with Gasteiger partial charge in [-0.05, 0) is 36.4 Å². The van der Waals surface area contributed by atoms with Gasteiger partial charge in [-0.15, -0.1) is 0 Å². The molecule has 0 saturated carbocycles. The Morgan fingerprint density at radius 3 is 2.64 bits per heavy atom. The van der Waals surface area contributed by atoms with Gasteiger partial charge in [0.1, 0.15) is 11.6 Å². The van der Waals surface area contributed by atoms with E-state index in [1.54, 1.807) is 18.2 Å². The van der Waals surface area contributed by atoms with E-state index in [4.69, 9.17) is 27.9 Å². The Kier molecular flexibility index (Phi) is 5.46. The van der Waals surface area contributed by atoms with Crippen LogP contribution in [0.25, 0.3) is 0 Å². The van der Waals surface area contributed by atoms with Crippen molar-refractivity contribution in [2.45, 2.75) is 0 Å². The molecule has 0 spiro atoms. The summed E-state index contributed by atoms with van der Waals surface area (Å²) in [5.41, 5.74) is 0.724. The molecule has 2 N–H and O–H groups in total. The van der Waals surface area contributed by atoms with Gasteiger partial charge in [0.05, 0.1) is 24.4 Å². The van der Waals surface area contributed by atoms with E-state index >= 15 is 0 Å². The number of halogens is 3. The van der Waals surface area contributed by atoms with Crippen LogP contribution in [-0.4, -0.2) is 19.6 Å². The smallest absolute Gasteiger partial charge is 0.243 e. The second-order valence-corrected chi connectivity index (χ2v) is 5.22. The highest BCUT2D eigenvalue weighted by molar-refractivity contribution is 6.32. The van der Waals surface area contributed by atoms with E-state index in [-0.39, 0.29) is 17.3 Å². The third-order valence-electron chi connectivity index (χ3n) is 2.81. The Labute approximate surface area is 137 Å². The largest absolute Gasteiger partial charge is 0.495 e. The number of anilines is 2. The van der Waals surface area contributed by atoms with E-state index in [2.05, 4.69) is 10.6 Å². The van der Waals surface area contributed by atoms with Gasteiger partial charge < -0.3 is 15.4 Å². The third-order valence-corrected chi connectivity index (χ3v) is 3.34. The van der Waals surface area contributed by atoms with Gasteiger partial charge in [0.25, 0.3) is 0 Å². The van der Waals surface area contributed by atoms with E-state index in [1.807, 2.05) is 0 Å². The van der Waals surface area contributed by atoms with Crippen LogP contribution in [0.3, 0.4) is 0 Å². The van der Waals surface area contributed by atoms with Gasteiger partial charge in [0, 0.05) is 10.7 Å². The van der Waals surface area contributed by atoms with Crippen molar-refractivity contribution in [2.75, 3.05) is 24.3 Å². The molecule has 0 radical (unpaired) electrons. The summed E-state index contributed by atoms with van der Waals surface area (Å²) in [6.45, 7) is -0.0370. The van der Waals surface area contributed by atoms with Crippen LogP contribution in [-0.2, 0) is 4.79 Å². The molecule has 1 amide bonds. The molecule has 0 heterocycles. The summed E-state index contributed by atoms with van der Waals surface area (Å²) >= 11 is 11.6. The lowest BCUT2D eigenvalue weighted by molar-refractivity contribution is -0.114. The number of nitrogens with one attached hydrogen (secondary N) is 2. The summed E-state index contributed by atoms with van der Waals surface area (Å²) in [6, 6.07) is 9.07. The number of ether oxygens (including phenoxy) is 1. The van der Waals surface area contributed by atoms with Gasteiger partial charge in [-0.1, -0.05) is 23.2 Å². The lowest BCUT2D eigenvalue weighted by Gasteiger charge is -2.10. The summed E-state index contributed by atoms with van der Waals surface area (Å²) in [5, 5.41) is 6.03. The highest BCUT2D eigenvalue weighted by Crippen LogP contribution is 2.27. The molecule has 0 fully saturated rings. The summed E-state index contributed by atoms with van der Waals surface area (Å²) in [7, 11) is 1.52. The third kappa shape index (κ3) is 4.26. The number of hydrogen-bond acceptors (Lipinski definition) is 3. The molecular weight excluding hydrogens is 330 g/mol. The summed E-state index contributed by atoms with van der Waals surface area (Å²) in [4.78, 5) is 11.8. The molecule has 0 atom stereocenters. The molecule has 0 aromatic heterocycles. The zero-order chi connectivity index (χ0) is 16.1. The number of carbonyl (C=O) groups excluding carboxylic acids is 1. The molecule has 7 heteroatoms. The van der Waals surface area contributed by atoms with Crippen molar-refractivity contribution in [3.63, 3.8) is 0 Å².